The first-order valence-electron chi connectivity index (χ1n) is 5.74. The molecule has 1 N–H and O–H groups in total. The van der Waals surface area contributed by atoms with Gasteiger partial charge in [-0.25, -0.2) is 0 Å². The topological polar surface area (TPSA) is 29.9 Å². The van der Waals surface area contributed by atoms with Crippen molar-refractivity contribution < 1.29 is 0 Å². The van der Waals surface area contributed by atoms with Crippen LogP contribution in [0.4, 0.5) is 0 Å². The summed E-state index contributed by atoms with van der Waals surface area (Å²) < 4.78 is 2.00. The molecule has 0 saturated heterocycles. The van der Waals surface area contributed by atoms with Crippen molar-refractivity contribution in [2.45, 2.75) is 53.2 Å². The van der Waals surface area contributed by atoms with Gasteiger partial charge in [0.05, 0.1) is 12.2 Å². The largest absolute Gasteiger partial charge is 0.308 e. The number of allylic oxidation sites excluding steroid dienone is 1. The third-order valence-electron chi connectivity index (χ3n) is 2.63. The van der Waals surface area contributed by atoms with Crippen molar-refractivity contribution >= 4 is 0 Å². The summed E-state index contributed by atoms with van der Waals surface area (Å²) in [7, 11) is 0. The van der Waals surface area contributed by atoms with E-state index in [1.165, 1.54) is 11.3 Å². The van der Waals surface area contributed by atoms with Gasteiger partial charge in [-0.15, -0.1) is 6.58 Å². The molecule has 0 atom stereocenters. The van der Waals surface area contributed by atoms with Gasteiger partial charge in [0, 0.05) is 23.3 Å². The predicted octanol–water partition coefficient (Wildman–Crippen LogP) is 2.57. The van der Waals surface area contributed by atoms with Crippen molar-refractivity contribution in [2.24, 2.45) is 0 Å². The molecule has 16 heavy (non-hydrogen) atoms. The van der Waals surface area contributed by atoms with Crippen molar-refractivity contribution in [3.8, 4) is 0 Å². The van der Waals surface area contributed by atoms with E-state index < -0.39 is 0 Å². The van der Waals surface area contributed by atoms with Gasteiger partial charge in [0.15, 0.2) is 0 Å². The first-order valence-corrected chi connectivity index (χ1v) is 5.74. The quantitative estimate of drug-likeness (QED) is 0.792. The van der Waals surface area contributed by atoms with Gasteiger partial charge in [-0.05, 0) is 34.6 Å². The first-order chi connectivity index (χ1) is 7.35. The molecule has 0 aliphatic carbocycles. The van der Waals surface area contributed by atoms with E-state index in [1.54, 1.807) is 0 Å². The predicted molar refractivity (Wildman–Crippen MR) is 68.5 cm³/mol. The second-order valence-corrected chi connectivity index (χ2v) is 5.22. The summed E-state index contributed by atoms with van der Waals surface area (Å²) in [5, 5.41) is 8.00. The van der Waals surface area contributed by atoms with Crippen molar-refractivity contribution in [3.05, 3.63) is 29.6 Å². The SMILES string of the molecule is C=CCn1nc(C)c(CNC(C)(C)C)c1C. The van der Waals surface area contributed by atoms with Gasteiger partial charge < -0.3 is 5.32 Å². The lowest BCUT2D eigenvalue weighted by atomic mass is 10.1. The fourth-order valence-corrected chi connectivity index (χ4v) is 1.64. The minimum Gasteiger partial charge on any atom is -0.308 e. The molecule has 1 rings (SSSR count). The van der Waals surface area contributed by atoms with Gasteiger partial charge in [0.1, 0.15) is 0 Å². The molecule has 0 aliphatic heterocycles. The zero-order valence-electron chi connectivity index (χ0n) is 11.1. The second kappa shape index (κ2) is 4.83. The molecular formula is C13H23N3. The molecule has 0 bridgehead atoms. The normalized spacial score (nSPS) is 11.8. The molecule has 0 spiro atoms. The zero-order chi connectivity index (χ0) is 12.3. The van der Waals surface area contributed by atoms with Gasteiger partial charge >= 0.3 is 0 Å². The van der Waals surface area contributed by atoms with Gasteiger partial charge in [0.25, 0.3) is 0 Å². The lowest BCUT2D eigenvalue weighted by Gasteiger charge is -2.20. The second-order valence-electron chi connectivity index (χ2n) is 5.22. The third kappa shape index (κ3) is 3.20. The molecule has 1 aromatic heterocycles. The summed E-state index contributed by atoms with van der Waals surface area (Å²) in [6, 6.07) is 0. The van der Waals surface area contributed by atoms with Crippen LogP contribution in [0.3, 0.4) is 0 Å². The van der Waals surface area contributed by atoms with Gasteiger partial charge in [-0.1, -0.05) is 6.08 Å². The number of rotatable bonds is 4. The van der Waals surface area contributed by atoms with Gasteiger partial charge in [0.2, 0.25) is 0 Å². The molecule has 0 aromatic carbocycles. The Bertz CT molecular complexity index is 369. The number of nitrogens with zero attached hydrogens (tertiary/aromatic N) is 2. The van der Waals surface area contributed by atoms with Crippen molar-refractivity contribution in [1.82, 2.24) is 15.1 Å². The smallest absolute Gasteiger partial charge is 0.0641 e. The highest BCUT2D eigenvalue weighted by Gasteiger charge is 2.14. The van der Waals surface area contributed by atoms with E-state index >= 15 is 0 Å². The Kier molecular flexibility index (Phi) is 3.92. The Morgan fingerprint density at radius 1 is 1.38 bits per heavy atom. The van der Waals surface area contributed by atoms with Crippen molar-refractivity contribution in [2.75, 3.05) is 0 Å². The lowest BCUT2D eigenvalue weighted by Crippen LogP contribution is -2.35. The van der Waals surface area contributed by atoms with Crippen LogP contribution >= 0.6 is 0 Å². The Morgan fingerprint density at radius 2 is 2.00 bits per heavy atom. The van der Waals surface area contributed by atoms with Crippen LogP contribution < -0.4 is 5.32 Å². The molecular weight excluding hydrogens is 198 g/mol. The van der Waals surface area contributed by atoms with Crippen molar-refractivity contribution in [3.63, 3.8) is 0 Å². The lowest BCUT2D eigenvalue weighted by molar-refractivity contribution is 0.423. The maximum Gasteiger partial charge on any atom is 0.0641 e. The maximum absolute atomic E-state index is 4.51. The van der Waals surface area contributed by atoms with Crippen LogP contribution in [0.1, 0.15) is 37.7 Å². The number of nitrogens with one attached hydrogen (secondary N) is 1. The summed E-state index contributed by atoms with van der Waals surface area (Å²) in [6.07, 6.45) is 1.88. The Morgan fingerprint density at radius 3 is 2.50 bits per heavy atom. The summed E-state index contributed by atoms with van der Waals surface area (Å²) in [6.45, 7) is 16.1. The highest BCUT2D eigenvalue weighted by Crippen LogP contribution is 2.14. The van der Waals surface area contributed by atoms with Crippen LogP contribution in [0.5, 0.6) is 0 Å². The Labute approximate surface area is 98.5 Å². The van der Waals surface area contributed by atoms with Crippen molar-refractivity contribution in [1.29, 1.82) is 0 Å². The molecule has 3 nitrogen and oxygen atoms in total. The molecule has 0 unspecified atom stereocenters. The van der Waals surface area contributed by atoms with E-state index in [2.05, 4.69) is 51.6 Å². The molecule has 0 aliphatic rings. The van der Waals surface area contributed by atoms with Crippen LogP contribution in [0.25, 0.3) is 0 Å². The zero-order valence-corrected chi connectivity index (χ0v) is 11.1. The number of hydrogen-bond acceptors (Lipinski definition) is 2. The van der Waals surface area contributed by atoms with Crippen LogP contribution in [-0.4, -0.2) is 15.3 Å². The van der Waals surface area contributed by atoms with E-state index in [4.69, 9.17) is 0 Å². The van der Waals surface area contributed by atoms with E-state index in [1.807, 2.05) is 10.8 Å². The molecule has 0 amide bonds. The highest BCUT2D eigenvalue weighted by molar-refractivity contribution is 5.24. The molecule has 1 heterocycles. The minimum atomic E-state index is 0.138. The average Bonchev–Trinajstić information content (AvgIpc) is 2.39. The fraction of sp³-hybridized carbons (Fsp3) is 0.615. The number of aromatic nitrogens is 2. The summed E-state index contributed by atoms with van der Waals surface area (Å²) in [4.78, 5) is 0. The Hall–Kier alpha value is -1.09. The molecule has 90 valence electrons. The number of hydrogen-bond donors (Lipinski definition) is 1. The van der Waals surface area contributed by atoms with E-state index in [-0.39, 0.29) is 5.54 Å². The van der Waals surface area contributed by atoms with Crippen LogP contribution in [-0.2, 0) is 13.1 Å². The van der Waals surface area contributed by atoms with E-state index in [0.29, 0.717) is 0 Å². The number of aryl methyl sites for hydroxylation is 1. The molecule has 3 heteroatoms. The van der Waals surface area contributed by atoms with E-state index in [0.717, 1.165) is 18.8 Å². The van der Waals surface area contributed by atoms with Crippen LogP contribution in [0.2, 0.25) is 0 Å². The van der Waals surface area contributed by atoms with Gasteiger partial charge in [-0.3, -0.25) is 4.68 Å². The fourth-order valence-electron chi connectivity index (χ4n) is 1.64. The molecule has 0 fully saturated rings. The maximum atomic E-state index is 4.51. The average molecular weight is 221 g/mol. The van der Waals surface area contributed by atoms with E-state index in [9.17, 15) is 0 Å². The molecule has 0 radical (unpaired) electrons. The van der Waals surface area contributed by atoms with Crippen LogP contribution in [0.15, 0.2) is 12.7 Å². The highest BCUT2D eigenvalue weighted by atomic mass is 15.3. The first kappa shape index (κ1) is 13.0. The summed E-state index contributed by atoms with van der Waals surface area (Å²) in [5.41, 5.74) is 3.78. The minimum absolute atomic E-state index is 0.138. The molecule has 0 saturated carbocycles. The monoisotopic (exact) mass is 221 g/mol. The Balaban J connectivity index is 2.84. The van der Waals surface area contributed by atoms with Gasteiger partial charge in [-0.2, -0.15) is 5.10 Å². The molecule has 1 aromatic rings. The van der Waals surface area contributed by atoms with Crippen LogP contribution in [0, 0.1) is 13.8 Å². The summed E-state index contributed by atoms with van der Waals surface area (Å²) in [5.74, 6) is 0. The third-order valence-corrected chi connectivity index (χ3v) is 2.63. The standard InChI is InChI=1S/C13H23N3/c1-7-8-16-11(3)12(10(2)15-16)9-14-13(4,5)6/h7,14H,1,8-9H2,2-6H3. The summed E-state index contributed by atoms with van der Waals surface area (Å²) >= 11 is 0.